The Kier molecular flexibility index (Phi) is 6.68. The lowest BCUT2D eigenvalue weighted by Gasteiger charge is -2.11. The summed E-state index contributed by atoms with van der Waals surface area (Å²) in [6.45, 7) is 2.96. The zero-order valence-corrected chi connectivity index (χ0v) is 17.2. The Morgan fingerprint density at radius 2 is 2.00 bits per heavy atom. The highest BCUT2D eigenvalue weighted by Gasteiger charge is 2.18. The van der Waals surface area contributed by atoms with Gasteiger partial charge in [0.1, 0.15) is 11.6 Å². The molecule has 6 nitrogen and oxygen atoms in total. The van der Waals surface area contributed by atoms with Crippen molar-refractivity contribution in [3.05, 3.63) is 53.1 Å². The van der Waals surface area contributed by atoms with E-state index in [-0.39, 0.29) is 17.3 Å². The molecule has 1 aromatic carbocycles. The smallest absolute Gasteiger partial charge is 0.387 e. The number of nitrogens with one attached hydrogen (secondary N) is 1. The fourth-order valence-electron chi connectivity index (χ4n) is 3.12. The fourth-order valence-corrected chi connectivity index (χ4v) is 3.82. The van der Waals surface area contributed by atoms with Gasteiger partial charge in [0.2, 0.25) is 5.16 Å². The molecule has 29 heavy (non-hydrogen) atoms. The third-order valence-corrected chi connectivity index (χ3v) is 5.23. The predicted octanol–water partition coefficient (Wildman–Crippen LogP) is 4.74. The maximum atomic E-state index is 12.7. The van der Waals surface area contributed by atoms with E-state index in [9.17, 15) is 13.6 Å². The second kappa shape index (κ2) is 9.21. The minimum atomic E-state index is -2.86. The van der Waals surface area contributed by atoms with Crippen molar-refractivity contribution in [2.24, 2.45) is 0 Å². The molecule has 0 bridgehead atoms. The second-order valence-electron chi connectivity index (χ2n) is 6.52. The zero-order valence-electron chi connectivity index (χ0n) is 16.4. The molecule has 0 amide bonds. The highest BCUT2D eigenvalue weighted by atomic mass is 32.2. The average molecular weight is 420 g/mol. The van der Waals surface area contributed by atoms with E-state index in [4.69, 9.17) is 0 Å². The fraction of sp³-hybridized carbons (Fsp3) is 0.350. The van der Waals surface area contributed by atoms with Crippen LogP contribution in [0.5, 0.6) is 5.75 Å². The molecule has 1 N–H and O–H groups in total. The monoisotopic (exact) mass is 420 g/mol. The van der Waals surface area contributed by atoms with Gasteiger partial charge in [-0.15, -0.1) is 5.10 Å². The Morgan fingerprint density at radius 1 is 1.28 bits per heavy atom. The van der Waals surface area contributed by atoms with Gasteiger partial charge in [-0.2, -0.15) is 8.78 Å². The van der Waals surface area contributed by atoms with E-state index in [0.29, 0.717) is 10.7 Å². The van der Waals surface area contributed by atoms with Gasteiger partial charge in [0.25, 0.3) is 0 Å². The molecule has 3 rings (SSSR count). The van der Waals surface area contributed by atoms with E-state index in [0.717, 1.165) is 35.7 Å². The third kappa shape index (κ3) is 5.03. The number of Topliss-reactive ketones (excluding diaryl/α,β-unsaturated/α-hetero) is 1. The molecule has 0 unspecified atom stereocenters. The molecule has 0 aliphatic heterocycles. The first-order chi connectivity index (χ1) is 13.9. The molecule has 154 valence electrons. The molecule has 0 aliphatic rings. The van der Waals surface area contributed by atoms with E-state index < -0.39 is 6.61 Å². The number of H-pyrrole nitrogens is 1. The minimum absolute atomic E-state index is 0.0196. The first-order valence-electron chi connectivity index (χ1n) is 9.20. The van der Waals surface area contributed by atoms with Crippen LogP contribution in [0.3, 0.4) is 0 Å². The van der Waals surface area contributed by atoms with E-state index in [1.807, 2.05) is 24.5 Å². The van der Waals surface area contributed by atoms with Crippen LogP contribution in [-0.2, 0) is 6.42 Å². The van der Waals surface area contributed by atoms with Crippen LogP contribution in [0.25, 0.3) is 5.69 Å². The van der Waals surface area contributed by atoms with Crippen molar-refractivity contribution in [2.45, 2.75) is 45.4 Å². The Hall–Kier alpha value is -2.68. The van der Waals surface area contributed by atoms with Crippen LogP contribution in [0, 0.1) is 13.8 Å². The maximum absolute atomic E-state index is 12.7. The van der Waals surface area contributed by atoms with Gasteiger partial charge in [-0.3, -0.25) is 9.89 Å². The van der Waals surface area contributed by atoms with Crippen molar-refractivity contribution in [1.82, 2.24) is 19.7 Å². The van der Waals surface area contributed by atoms with Gasteiger partial charge in [0.05, 0.1) is 5.75 Å². The summed E-state index contributed by atoms with van der Waals surface area (Å²) in [6, 6.07) is 8.17. The predicted molar refractivity (Wildman–Crippen MR) is 107 cm³/mol. The van der Waals surface area contributed by atoms with Gasteiger partial charge in [0, 0.05) is 29.1 Å². The molecule has 2 aromatic heterocycles. The highest BCUT2D eigenvalue weighted by Crippen LogP contribution is 2.25. The summed E-state index contributed by atoms with van der Waals surface area (Å²) >= 11 is 1.30. The van der Waals surface area contributed by atoms with Crippen LogP contribution in [0.4, 0.5) is 8.78 Å². The number of aromatic nitrogens is 4. The van der Waals surface area contributed by atoms with Gasteiger partial charge >= 0.3 is 6.61 Å². The highest BCUT2D eigenvalue weighted by molar-refractivity contribution is 7.99. The number of thioether (sulfide) groups is 1. The maximum Gasteiger partial charge on any atom is 0.387 e. The van der Waals surface area contributed by atoms with Crippen molar-refractivity contribution in [3.63, 3.8) is 0 Å². The number of ether oxygens (including phenoxy) is 1. The first-order valence-corrected chi connectivity index (χ1v) is 10.2. The summed E-state index contributed by atoms with van der Waals surface area (Å²) < 4.78 is 30.9. The Bertz CT molecular complexity index is 983. The van der Waals surface area contributed by atoms with Crippen LogP contribution >= 0.6 is 11.8 Å². The summed E-state index contributed by atoms with van der Waals surface area (Å²) in [5, 5.41) is 7.56. The van der Waals surface area contributed by atoms with Gasteiger partial charge < -0.3 is 9.30 Å². The SMILES string of the molecule is CCCc1nc(SCC(=O)c2cc(C)n(-c3ccc(OC(F)F)cc3)c2C)n[nH]1. The Labute approximate surface area is 171 Å². The van der Waals surface area contributed by atoms with E-state index >= 15 is 0 Å². The topological polar surface area (TPSA) is 72.8 Å². The quantitative estimate of drug-likeness (QED) is 0.400. The number of halogens is 2. The standard InChI is InChI=1S/C20H22F2N4O2S/c1-4-5-18-23-20(25-24-18)29-11-17(27)16-10-12(2)26(13(16)3)14-6-8-15(9-7-14)28-19(21)22/h6-10,19H,4-5,11H2,1-3H3,(H,23,24,25). The molecule has 0 radical (unpaired) electrons. The number of carbonyl (C=O) groups excluding carboxylic acids is 1. The van der Waals surface area contributed by atoms with Crippen molar-refractivity contribution in [3.8, 4) is 11.4 Å². The van der Waals surface area contributed by atoms with Crippen LogP contribution in [0.1, 0.15) is 40.9 Å². The number of aryl methyl sites for hydroxylation is 2. The molecule has 9 heteroatoms. The van der Waals surface area contributed by atoms with Crippen molar-refractivity contribution >= 4 is 17.5 Å². The zero-order chi connectivity index (χ0) is 21.0. The Balaban J connectivity index is 1.73. The molecule has 0 saturated heterocycles. The molecule has 0 saturated carbocycles. The molecular weight excluding hydrogens is 398 g/mol. The van der Waals surface area contributed by atoms with Crippen LogP contribution < -0.4 is 4.74 Å². The van der Waals surface area contributed by atoms with E-state index in [2.05, 4.69) is 26.8 Å². The summed E-state index contributed by atoms with van der Waals surface area (Å²) in [5.74, 6) is 1.12. The number of nitrogens with zero attached hydrogens (tertiary/aromatic N) is 3. The molecule has 0 spiro atoms. The minimum Gasteiger partial charge on any atom is -0.435 e. The van der Waals surface area contributed by atoms with Gasteiger partial charge in [-0.1, -0.05) is 18.7 Å². The van der Waals surface area contributed by atoms with Crippen molar-refractivity contribution in [1.29, 1.82) is 0 Å². The van der Waals surface area contributed by atoms with Crippen LogP contribution in [-0.4, -0.2) is 37.9 Å². The molecule has 2 heterocycles. The first kappa shape index (κ1) is 21.0. The number of carbonyl (C=O) groups is 1. The molecule has 0 fully saturated rings. The third-order valence-electron chi connectivity index (χ3n) is 4.38. The number of rotatable bonds is 9. The van der Waals surface area contributed by atoms with Crippen molar-refractivity contribution < 1.29 is 18.3 Å². The number of alkyl halides is 2. The lowest BCUT2D eigenvalue weighted by Crippen LogP contribution is -2.06. The number of hydrogen-bond acceptors (Lipinski definition) is 5. The van der Waals surface area contributed by atoms with Crippen LogP contribution in [0.2, 0.25) is 0 Å². The number of hydrogen-bond donors (Lipinski definition) is 1. The van der Waals surface area contributed by atoms with Crippen LogP contribution in [0.15, 0.2) is 35.5 Å². The van der Waals surface area contributed by atoms with E-state index in [1.165, 1.54) is 23.9 Å². The van der Waals surface area contributed by atoms with E-state index in [1.54, 1.807) is 12.1 Å². The normalized spacial score (nSPS) is 11.2. The summed E-state index contributed by atoms with van der Waals surface area (Å²) in [5.41, 5.74) is 3.05. The summed E-state index contributed by atoms with van der Waals surface area (Å²) in [6.07, 6.45) is 1.79. The number of ketones is 1. The Morgan fingerprint density at radius 3 is 2.66 bits per heavy atom. The molecule has 0 aliphatic carbocycles. The van der Waals surface area contributed by atoms with Crippen molar-refractivity contribution in [2.75, 3.05) is 5.75 Å². The molecule has 0 atom stereocenters. The largest absolute Gasteiger partial charge is 0.435 e. The lowest BCUT2D eigenvalue weighted by atomic mass is 10.2. The summed E-state index contributed by atoms with van der Waals surface area (Å²) in [7, 11) is 0. The lowest BCUT2D eigenvalue weighted by molar-refractivity contribution is -0.0498. The molecule has 3 aromatic rings. The summed E-state index contributed by atoms with van der Waals surface area (Å²) in [4.78, 5) is 17.1. The second-order valence-corrected chi connectivity index (χ2v) is 7.46. The average Bonchev–Trinajstić information content (AvgIpc) is 3.24. The molecular formula is C20H22F2N4O2S. The van der Waals surface area contributed by atoms with Gasteiger partial charge in [0.15, 0.2) is 5.78 Å². The van der Waals surface area contributed by atoms with Gasteiger partial charge in [-0.25, -0.2) is 4.98 Å². The number of aromatic amines is 1. The van der Waals surface area contributed by atoms with Gasteiger partial charge in [-0.05, 0) is 50.6 Å². The number of benzene rings is 1.